The Morgan fingerprint density at radius 2 is 2.00 bits per heavy atom. The van der Waals surface area contributed by atoms with Gasteiger partial charge < -0.3 is 15.1 Å². The number of furan rings is 1. The molecule has 3 rings (SSSR count). The lowest BCUT2D eigenvalue weighted by Crippen LogP contribution is -2.28. The summed E-state index contributed by atoms with van der Waals surface area (Å²) in [5.41, 5.74) is 5.83. The zero-order valence-corrected chi connectivity index (χ0v) is 13.7. The minimum absolute atomic E-state index is 0.239. The van der Waals surface area contributed by atoms with E-state index in [1.165, 1.54) is 5.56 Å². The highest BCUT2D eigenvalue weighted by atomic mass is 16.3. The van der Waals surface area contributed by atoms with Gasteiger partial charge in [-0.25, -0.2) is 4.79 Å². The third-order valence-electron chi connectivity index (χ3n) is 3.86. The van der Waals surface area contributed by atoms with E-state index in [1.54, 1.807) is 18.7 Å². The van der Waals surface area contributed by atoms with Gasteiger partial charge >= 0.3 is 6.03 Å². The highest BCUT2D eigenvalue weighted by molar-refractivity contribution is 5.89. The molecule has 2 aromatic heterocycles. The van der Waals surface area contributed by atoms with E-state index in [4.69, 9.17) is 4.42 Å². The molecule has 24 heavy (non-hydrogen) atoms. The van der Waals surface area contributed by atoms with Crippen molar-refractivity contribution in [1.82, 2.24) is 10.3 Å². The Hall–Kier alpha value is -3.08. The summed E-state index contributed by atoms with van der Waals surface area (Å²) in [6.07, 6.45) is 5.01. The number of nitrogens with one attached hydrogen (secondary N) is 2. The van der Waals surface area contributed by atoms with Gasteiger partial charge in [0, 0.05) is 24.0 Å². The molecule has 0 aliphatic heterocycles. The molecule has 0 spiro atoms. The van der Waals surface area contributed by atoms with Crippen molar-refractivity contribution in [3.63, 3.8) is 0 Å². The molecule has 5 nitrogen and oxygen atoms in total. The molecule has 0 radical (unpaired) electrons. The Labute approximate surface area is 140 Å². The van der Waals surface area contributed by atoms with E-state index in [1.807, 2.05) is 50.2 Å². The predicted molar refractivity (Wildman–Crippen MR) is 93.7 cm³/mol. The second-order valence-corrected chi connectivity index (χ2v) is 5.67. The number of urea groups is 1. The largest absolute Gasteiger partial charge is 0.472 e. The molecule has 3 aromatic rings. The van der Waals surface area contributed by atoms with Gasteiger partial charge in [-0.1, -0.05) is 12.1 Å². The Balaban J connectivity index is 1.55. The van der Waals surface area contributed by atoms with E-state index >= 15 is 0 Å². The first-order chi connectivity index (χ1) is 11.6. The molecule has 0 aliphatic rings. The first kappa shape index (κ1) is 15.8. The topological polar surface area (TPSA) is 67.2 Å². The summed E-state index contributed by atoms with van der Waals surface area (Å²) in [5, 5.41) is 5.66. The van der Waals surface area contributed by atoms with Crippen LogP contribution in [0.3, 0.4) is 0 Å². The Bertz CT molecular complexity index is 824. The molecule has 122 valence electrons. The van der Waals surface area contributed by atoms with Gasteiger partial charge in [-0.15, -0.1) is 0 Å². The number of carbonyl (C=O) groups is 1. The van der Waals surface area contributed by atoms with Crippen molar-refractivity contribution < 1.29 is 9.21 Å². The first-order valence-electron chi connectivity index (χ1n) is 7.71. The van der Waals surface area contributed by atoms with Crippen LogP contribution in [-0.4, -0.2) is 11.0 Å². The molecule has 0 aliphatic carbocycles. The van der Waals surface area contributed by atoms with Crippen molar-refractivity contribution in [2.45, 2.75) is 20.4 Å². The van der Waals surface area contributed by atoms with Crippen LogP contribution in [0.25, 0.3) is 11.3 Å². The second kappa shape index (κ2) is 7.00. The van der Waals surface area contributed by atoms with Crippen LogP contribution in [-0.2, 0) is 6.54 Å². The van der Waals surface area contributed by atoms with Crippen LogP contribution >= 0.6 is 0 Å². The fourth-order valence-electron chi connectivity index (χ4n) is 2.29. The zero-order valence-electron chi connectivity index (χ0n) is 13.7. The molecular weight excluding hydrogens is 302 g/mol. The number of aryl methyl sites for hydroxylation is 2. The molecule has 0 bridgehead atoms. The van der Waals surface area contributed by atoms with E-state index < -0.39 is 0 Å². The van der Waals surface area contributed by atoms with Gasteiger partial charge in [0.15, 0.2) is 0 Å². The minimum atomic E-state index is -0.239. The summed E-state index contributed by atoms with van der Waals surface area (Å²) in [7, 11) is 0. The van der Waals surface area contributed by atoms with Crippen LogP contribution in [0.4, 0.5) is 10.5 Å². The van der Waals surface area contributed by atoms with E-state index in [0.29, 0.717) is 6.54 Å². The number of hydrogen-bond donors (Lipinski definition) is 2. The van der Waals surface area contributed by atoms with Crippen LogP contribution in [0.15, 0.2) is 59.5 Å². The summed E-state index contributed by atoms with van der Waals surface area (Å²) in [4.78, 5) is 16.4. The van der Waals surface area contributed by atoms with Crippen molar-refractivity contribution >= 4 is 11.7 Å². The van der Waals surface area contributed by atoms with Gasteiger partial charge in [0.2, 0.25) is 0 Å². The first-order valence-corrected chi connectivity index (χ1v) is 7.71. The maximum atomic E-state index is 12.0. The van der Waals surface area contributed by atoms with Gasteiger partial charge in [0.1, 0.15) is 0 Å². The summed E-state index contributed by atoms with van der Waals surface area (Å²) in [6, 6.07) is 11.3. The Morgan fingerprint density at radius 1 is 1.12 bits per heavy atom. The fourth-order valence-corrected chi connectivity index (χ4v) is 2.29. The smallest absolute Gasteiger partial charge is 0.319 e. The van der Waals surface area contributed by atoms with Crippen molar-refractivity contribution in [2.24, 2.45) is 0 Å². The number of benzene rings is 1. The molecule has 2 amide bonds. The quantitative estimate of drug-likeness (QED) is 0.753. The maximum absolute atomic E-state index is 12.0. The lowest BCUT2D eigenvalue weighted by atomic mass is 10.1. The number of rotatable bonds is 4. The number of nitrogens with zero attached hydrogens (tertiary/aromatic N) is 1. The third-order valence-corrected chi connectivity index (χ3v) is 3.86. The van der Waals surface area contributed by atoms with Crippen LogP contribution < -0.4 is 10.6 Å². The third kappa shape index (κ3) is 3.81. The van der Waals surface area contributed by atoms with E-state index in [-0.39, 0.29) is 6.03 Å². The molecule has 0 fully saturated rings. The number of amides is 2. The normalized spacial score (nSPS) is 10.4. The summed E-state index contributed by atoms with van der Waals surface area (Å²) >= 11 is 0. The number of pyridine rings is 1. The minimum Gasteiger partial charge on any atom is -0.472 e. The zero-order chi connectivity index (χ0) is 16.9. The number of aromatic nitrogens is 1. The van der Waals surface area contributed by atoms with E-state index in [2.05, 4.69) is 15.6 Å². The molecule has 2 N–H and O–H groups in total. The van der Waals surface area contributed by atoms with Gasteiger partial charge in [-0.3, -0.25) is 4.98 Å². The summed E-state index contributed by atoms with van der Waals surface area (Å²) in [5.74, 6) is 0. The fraction of sp³-hybridized carbons (Fsp3) is 0.158. The Morgan fingerprint density at radius 3 is 2.67 bits per heavy atom. The summed E-state index contributed by atoms with van der Waals surface area (Å²) in [6.45, 7) is 4.47. The van der Waals surface area contributed by atoms with Crippen LogP contribution in [0.5, 0.6) is 0 Å². The molecule has 5 heteroatoms. The molecule has 2 heterocycles. The molecule has 0 saturated carbocycles. The highest BCUT2D eigenvalue weighted by Gasteiger charge is 2.04. The van der Waals surface area contributed by atoms with Crippen LogP contribution in [0.1, 0.15) is 16.7 Å². The SMILES string of the molecule is Cc1ccc(NC(=O)NCc2ccc(-c3ccoc3)nc2)cc1C. The van der Waals surface area contributed by atoms with Gasteiger partial charge in [0.25, 0.3) is 0 Å². The van der Waals surface area contributed by atoms with Crippen molar-refractivity contribution in [2.75, 3.05) is 5.32 Å². The molecule has 0 saturated heterocycles. The molecule has 0 atom stereocenters. The van der Waals surface area contributed by atoms with Crippen LogP contribution in [0.2, 0.25) is 0 Å². The van der Waals surface area contributed by atoms with Gasteiger partial charge in [-0.05, 0) is 54.8 Å². The molecular formula is C19H19N3O2. The lowest BCUT2D eigenvalue weighted by molar-refractivity contribution is 0.251. The number of carbonyl (C=O) groups excluding carboxylic acids is 1. The van der Waals surface area contributed by atoms with Crippen molar-refractivity contribution in [3.05, 3.63) is 71.8 Å². The highest BCUT2D eigenvalue weighted by Crippen LogP contribution is 2.17. The summed E-state index contributed by atoms with van der Waals surface area (Å²) < 4.78 is 5.05. The van der Waals surface area contributed by atoms with Crippen molar-refractivity contribution in [3.8, 4) is 11.3 Å². The van der Waals surface area contributed by atoms with Gasteiger partial charge in [-0.2, -0.15) is 0 Å². The molecule has 0 unspecified atom stereocenters. The number of hydrogen-bond acceptors (Lipinski definition) is 3. The average Bonchev–Trinajstić information content (AvgIpc) is 3.11. The van der Waals surface area contributed by atoms with Gasteiger partial charge in [0.05, 0.1) is 18.2 Å². The average molecular weight is 321 g/mol. The molecule has 1 aromatic carbocycles. The van der Waals surface area contributed by atoms with Crippen molar-refractivity contribution in [1.29, 1.82) is 0 Å². The monoisotopic (exact) mass is 321 g/mol. The lowest BCUT2D eigenvalue weighted by Gasteiger charge is -2.09. The standard InChI is InChI=1S/C19H19N3O2/c1-13-3-5-17(9-14(13)2)22-19(23)21-11-15-4-6-18(20-10-15)16-7-8-24-12-16/h3-10,12H,11H2,1-2H3,(H2,21,22,23). The second-order valence-electron chi connectivity index (χ2n) is 5.67. The maximum Gasteiger partial charge on any atom is 0.319 e. The van der Waals surface area contributed by atoms with E-state index in [0.717, 1.165) is 28.1 Å². The predicted octanol–water partition coefficient (Wildman–Crippen LogP) is 4.28. The Kier molecular flexibility index (Phi) is 4.61. The van der Waals surface area contributed by atoms with Crippen LogP contribution in [0, 0.1) is 13.8 Å². The van der Waals surface area contributed by atoms with E-state index in [9.17, 15) is 4.79 Å². The number of anilines is 1.